The van der Waals surface area contributed by atoms with Gasteiger partial charge >= 0.3 is 0 Å². The van der Waals surface area contributed by atoms with Crippen molar-refractivity contribution in [1.82, 2.24) is 31.6 Å². The minimum atomic E-state index is -1.13. The summed E-state index contributed by atoms with van der Waals surface area (Å²) >= 11 is 1.23. The number of amides is 4. The Bertz CT molecular complexity index is 1310. The van der Waals surface area contributed by atoms with Crippen LogP contribution < -0.4 is 38.1 Å². The third kappa shape index (κ3) is 10.6. The maximum absolute atomic E-state index is 13.7. The highest BCUT2D eigenvalue weighted by molar-refractivity contribution is 7.20. The lowest BCUT2D eigenvalue weighted by molar-refractivity contribution is -0.133. The van der Waals surface area contributed by atoms with Crippen LogP contribution in [0.1, 0.15) is 68.6 Å². The van der Waals surface area contributed by atoms with Crippen molar-refractivity contribution in [1.29, 1.82) is 5.41 Å². The monoisotopic (exact) mass is 629 g/mol. The van der Waals surface area contributed by atoms with E-state index in [9.17, 15) is 24.0 Å². The largest absolute Gasteiger partial charge is 0.370 e. The first-order valence-electron chi connectivity index (χ1n) is 14.9. The topological polar surface area (TPSA) is 234 Å². The summed E-state index contributed by atoms with van der Waals surface area (Å²) < 4.78 is 0.836. The molecule has 14 nitrogen and oxygen atoms in total. The van der Waals surface area contributed by atoms with E-state index < -0.39 is 41.9 Å². The Morgan fingerprint density at radius 1 is 1.14 bits per heavy atom. The summed E-state index contributed by atoms with van der Waals surface area (Å²) in [6.07, 6.45) is 1.98. The summed E-state index contributed by atoms with van der Waals surface area (Å²) in [4.78, 5) is 70.2. The van der Waals surface area contributed by atoms with E-state index in [0.29, 0.717) is 37.9 Å². The molecule has 2 heterocycles. The fourth-order valence-electron chi connectivity index (χ4n) is 4.79. The van der Waals surface area contributed by atoms with Crippen LogP contribution >= 0.6 is 11.3 Å². The number of hydrogen-bond acceptors (Lipinski definition) is 9. The number of guanidine groups is 1. The van der Waals surface area contributed by atoms with Crippen LogP contribution in [0.3, 0.4) is 0 Å². The van der Waals surface area contributed by atoms with Crippen molar-refractivity contribution in [3.63, 3.8) is 0 Å². The highest BCUT2D eigenvalue weighted by Gasteiger charge is 2.32. The van der Waals surface area contributed by atoms with Gasteiger partial charge in [0.05, 0.1) is 28.7 Å². The molecule has 3 rings (SSSR count). The summed E-state index contributed by atoms with van der Waals surface area (Å²) in [7, 11) is 0. The molecule has 44 heavy (non-hydrogen) atoms. The van der Waals surface area contributed by atoms with E-state index in [1.165, 1.54) is 11.3 Å². The Labute approximate surface area is 260 Å². The van der Waals surface area contributed by atoms with E-state index in [2.05, 4.69) is 31.6 Å². The second-order valence-corrected chi connectivity index (χ2v) is 12.3. The fraction of sp³-hybridized carbons (Fsp3) is 0.552. The molecule has 1 aromatic heterocycles. The number of aromatic nitrogens is 1. The lowest BCUT2D eigenvalue weighted by atomic mass is 10.0. The van der Waals surface area contributed by atoms with Gasteiger partial charge in [-0.1, -0.05) is 26.0 Å². The number of ketones is 1. The SMILES string of the molecule is CC(C)C[C@@H]1NC(=O)[C@@H](N)CC(=O)NCCCC[C@@H](C(=O)NC(CCCNC(=N)N)C(=O)c2nc3ccccc3s2)NC1=O. The van der Waals surface area contributed by atoms with E-state index in [0.717, 1.165) is 4.70 Å². The fourth-order valence-corrected chi connectivity index (χ4v) is 5.75. The van der Waals surface area contributed by atoms with E-state index in [-0.39, 0.29) is 54.3 Å². The molecule has 15 heteroatoms. The van der Waals surface area contributed by atoms with Crippen molar-refractivity contribution in [2.24, 2.45) is 17.4 Å². The second-order valence-electron chi connectivity index (χ2n) is 11.3. The van der Waals surface area contributed by atoms with Crippen molar-refractivity contribution in [2.45, 2.75) is 83.0 Å². The summed E-state index contributed by atoms with van der Waals surface area (Å²) in [5.41, 5.74) is 12.0. The van der Waals surface area contributed by atoms with Gasteiger partial charge in [0.15, 0.2) is 11.0 Å². The minimum absolute atomic E-state index is 0.0242. The quantitative estimate of drug-likeness (QED) is 0.0778. The predicted octanol–water partition coefficient (Wildman–Crippen LogP) is 0.260. The normalized spacial score (nSPS) is 21.0. The molecule has 0 spiro atoms. The zero-order valence-electron chi connectivity index (χ0n) is 25.1. The number of benzene rings is 1. The molecule has 10 N–H and O–H groups in total. The average molecular weight is 630 g/mol. The van der Waals surface area contributed by atoms with Gasteiger partial charge in [-0.3, -0.25) is 29.4 Å². The van der Waals surface area contributed by atoms with Gasteiger partial charge in [-0.2, -0.15) is 0 Å². The number of nitrogens with one attached hydrogen (secondary N) is 6. The zero-order chi connectivity index (χ0) is 32.2. The van der Waals surface area contributed by atoms with E-state index in [1.54, 1.807) is 6.07 Å². The van der Waals surface area contributed by atoms with Crippen molar-refractivity contribution >= 4 is 56.9 Å². The van der Waals surface area contributed by atoms with Crippen LogP contribution in [0.5, 0.6) is 0 Å². The average Bonchev–Trinajstić information content (AvgIpc) is 3.40. The van der Waals surface area contributed by atoms with Crippen molar-refractivity contribution in [3.8, 4) is 0 Å². The van der Waals surface area contributed by atoms with Crippen molar-refractivity contribution in [3.05, 3.63) is 29.3 Å². The molecule has 1 aromatic carbocycles. The van der Waals surface area contributed by atoms with Crippen LogP contribution in [-0.4, -0.2) is 77.6 Å². The molecule has 2 aromatic rings. The van der Waals surface area contributed by atoms with Crippen LogP contribution in [0.2, 0.25) is 0 Å². The van der Waals surface area contributed by atoms with E-state index >= 15 is 0 Å². The van der Waals surface area contributed by atoms with Gasteiger partial charge < -0.3 is 38.1 Å². The molecule has 0 radical (unpaired) electrons. The molecule has 4 amide bonds. The number of rotatable bonds is 10. The van der Waals surface area contributed by atoms with Gasteiger partial charge in [-0.15, -0.1) is 11.3 Å². The molecule has 0 saturated carbocycles. The molecule has 1 saturated heterocycles. The van der Waals surface area contributed by atoms with Crippen LogP contribution in [-0.2, 0) is 19.2 Å². The lowest BCUT2D eigenvalue weighted by Crippen LogP contribution is -2.57. The predicted molar refractivity (Wildman–Crippen MR) is 168 cm³/mol. The van der Waals surface area contributed by atoms with Gasteiger partial charge in [0.2, 0.25) is 29.4 Å². The van der Waals surface area contributed by atoms with Crippen molar-refractivity contribution in [2.75, 3.05) is 13.1 Å². The Hall–Kier alpha value is -4.11. The Morgan fingerprint density at radius 2 is 1.89 bits per heavy atom. The number of nitrogens with two attached hydrogens (primary N) is 2. The van der Waals surface area contributed by atoms with Crippen LogP contribution in [0.25, 0.3) is 10.2 Å². The first-order chi connectivity index (χ1) is 20.9. The van der Waals surface area contributed by atoms with Crippen LogP contribution in [0, 0.1) is 11.3 Å². The Morgan fingerprint density at radius 3 is 2.59 bits per heavy atom. The zero-order valence-corrected chi connectivity index (χ0v) is 25.9. The van der Waals surface area contributed by atoms with Crippen molar-refractivity contribution < 1.29 is 24.0 Å². The standard InChI is InChI=1S/C29H43N9O5S/c1-16(2)14-21-27(43)36-20(9-5-6-12-33-23(39)15-17(30)25(41)37-21)26(42)35-19(10-7-13-34-29(31)32)24(40)28-38-18-8-3-4-11-22(18)44-28/h3-4,8,11,16-17,19-21H,5-7,9-10,12-15,30H2,1-2H3,(H,33,39)(H,35,42)(H,36,43)(H,37,41)(H4,31,32,34)/t17-,19?,20-,21-/m0/s1. The van der Waals surface area contributed by atoms with Crippen LogP contribution in [0.15, 0.2) is 24.3 Å². The van der Waals surface area contributed by atoms with Gasteiger partial charge in [-0.05, 0) is 56.6 Å². The number of carbonyl (C=O) groups is 5. The van der Waals surface area contributed by atoms with Crippen LogP contribution in [0.4, 0.5) is 0 Å². The highest BCUT2D eigenvalue weighted by Crippen LogP contribution is 2.23. The molecule has 1 aliphatic heterocycles. The molecule has 1 unspecified atom stereocenters. The van der Waals surface area contributed by atoms with Gasteiger partial charge in [0.25, 0.3) is 0 Å². The molecule has 240 valence electrons. The number of Topliss-reactive ketones (excluding diaryl/α,β-unsaturated/α-hetero) is 1. The third-order valence-electron chi connectivity index (χ3n) is 7.08. The Kier molecular flexibility index (Phi) is 13.0. The third-order valence-corrected chi connectivity index (χ3v) is 8.13. The number of nitrogens with zero attached hydrogens (tertiary/aromatic N) is 1. The molecule has 0 bridgehead atoms. The number of hydrogen-bond donors (Lipinski definition) is 8. The smallest absolute Gasteiger partial charge is 0.243 e. The Balaban J connectivity index is 1.83. The molecular weight excluding hydrogens is 586 g/mol. The molecule has 1 aliphatic rings. The summed E-state index contributed by atoms with van der Waals surface area (Å²) in [5, 5.41) is 21.3. The minimum Gasteiger partial charge on any atom is -0.370 e. The number of para-hydroxylation sites is 1. The number of thiazole rings is 1. The molecule has 0 aliphatic carbocycles. The highest BCUT2D eigenvalue weighted by atomic mass is 32.1. The van der Waals surface area contributed by atoms with E-state index in [4.69, 9.17) is 16.9 Å². The lowest BCUT2D eigenvalue weighted by Gasteiger charge is -2.27. The van der Waals surface area contributed by atoms with E-state index in [1.807, 2.05) is 32.0 Å². The van der Waals surface area contributed by atoms with Gasteiger partial charge in [0, 0.05) is 13.1 Å². The summed E-state index contributed by atoms with van der Waals surface area (Å²) in [6, 6.07) is 3.27. The first-order valence-corrected chi connectivity index (χ1v) is 15.7. The summed E-state index contributed by atoms with van der Waals surface area (Å²) in [5.74, 6) is -2.67. The molecular formula is C29H43N9O5S. The van der Waals surface area contributed by atoms with Gasteiger partial charge in [0.1, 0.15) is 12.1 Å². The maximum Gasteiger partial charge on any atom is 0.243 e. The number of carbonyl (C=O) groups excluding carboxylic acids is 5. The number of fused-ring (bicyclic) bond motifs is 1. The van der Waals surface area contributed by atoms with Gasteiger partial charge in [-0.25, -0.2) is 4.98 Å². The first kappa shape index (κ1) is 34.4. The molecule has 1 fully saturated rings. The summed E-state index contributed by atoms with van der Waals surface area (Å²) in [6.45, 7) is 4.41. The second kappa shape index (κ2) is 16.7. The maximum atomic E-state index is 13.7. The molecule has 4 atom stereocenters.